The van der Waals surface area contributed by atoms with E-state index in [4.69, 9.17) is 18.9 Å². The lowest BCUT2D eigenvalue weighted by molar-refractivity contribution is -0.319. The maximum Gasteiger partial charge on any atom is 0.163 e. The molecular weight excluding hydrogens is 398 g/mol. The number of hydrogen-bond acceptors (Lipinski definition) is 6. The first-order chi connectivity index (χ1) is 15.0. The number of azide groups is 1. The van der Waals surface area contributed by atoms with E-state index in [1.54, 1.807) is 13.8 Å². The van der Waals surface area contributed by atoms with E-state index in [9.17, 15) is 10.6 Å². The van der Waals surface area contributed by atoms with Gasteiger partial charge < -0.3 is 24.1 Å². The molecule has 0 aliphatic carbocycles. The van der Waals surface area contributed by atoms with Crippen molar-refractivity contribution in [2.75, 3.05) is 13.2 Å². The van der Waals surface area contributed by atoms with Crippen LogP contribution in [0.25, 0.3) is 10.4 Å². The number of hydrogen-bond donors (Lipinski definition) is 1. The number of aliphatic hydroxyl groups is 1. The van der Waals surface area contributed by atoms with Gasteiger partial charge in [0.2, 0.25) is 0 Å². The highest BCUT2D eigenvalue weighted by atomic mass is 16.7. The molecule has 1 N–H and O–H groups in total. The van der Waals surface area contributed by atoms with Gasteiger partial charge in [-0.3, -0.25) is 0 Å². The van der Waals surface area contributed by atoms with Gasteiger partial charge in [-0.15, -0.1) is 0 Å². The summed E-state index contributed by atoms with van der Waals surface area (Å²) < 4.78 is 23.9. The van der Waals surface area contributed by atoms with Gasteiger partial charge in [0, 0.05) is 4.91 Å². The Bertz CT molecular complexity index is 843. The predicted octanol–water partition coefficient (Wildman–Crippen LogP) is 3.98. The van der Waals surface area contributed by atoms with Gasteiger partial charge in [0.25, 0.3) is 0 Å². The molecule has 0 bridgehead atoms. The first-order valence-electron chi connectivity index (χ1n) is 10.3. The van der Waals surface area contributed by atoms with Crippen LogP contribution in [0.5, 0.6) is 0 Å². The molecule has 2 aromatic carbocycles. The van der Waals surface area contributed by atoms with E-state index in [2.05, 4.69) is 10.0 Å². The molecule has 166 valence electrons. The van der Waals surface area contributed by atoms with E-state index in [0.717, 1.165) is 11.1 Å². The van der Waals surface area contributed by atoms with E-state index in [-0.39, 0.29) is 19.8 Å². The van der Waals surface area contributed by atoms with Gasteiger partial charge in [-0.05, 0) is 30.5 Å². The standard InChI is InChI=1S/C23H29N3O5/c1-23(2)30-16-20(29-15-18-11-7-4-8-12-18)22(31-23)21(25-26-24)19(13-27)28-14-17-9-5-3-6-10-17/h3-12,19-22,27H,13-16H2,1-2H3/t19-,20-,21+,22-/m0/s1. The third-order valence-corrected chi connectivity index (χ3v) is 5.08. The van der Waals surface area contributed by atoms with Crippen LogP contribution in [0.4, 0.5) is 0 Å². The van der Waals surface area contributed by atoms with Gasteiger partial charge in [-0.25, -0.2) is 0 Å². The first kappa shape index (κ1) is 23.2. The van der Waals surface area contributed by atoms with Crippen molar-refractivity contribution in [2.24, 2.45) is 5.11 Å². The smallest absolute Gasteiger partial charge is 0.163 e. The van der Waals surface area contributed by atoms with Crippen LogP contribution in [0, 0.1) is 0 Å². The van der Waals surface area contributed by atoms with Crippen molar-refractivity contribution in [3.05, 3.63) is 82.2 Å². The highest BCUT2D eigenvalue weighted by molar-refractivity contribution is 5.14. The van der Waals surface area contributed by atoms with Crippen molar-refractivity contribution in [1.29, 1.82) is 0 Å². The molecule has 1 aliphatic rings. The topological polar surface area (TPSA) is 106 Å². The quantitative estimate of drug-likeness (QED) is 0.351. The number of rotatable bonds is 10. The Hall–Kier alpha value is -2.45. The zero-order chi connectivity index (χ0) is 22.1. The van der Waals surface area contributed by atoms with E-state index in [1.165, 1.54) is 0 Å². The number of benzene rings is 2. The molecule has 1 saturated heterocycles. The maximum absolute atomic E-state index is 10.0. The molecular formula is C23H29N3O5. The van der Waals surface area contributed by atoms with E-state index in [1.807, 2.05) is 60.7 Å². The van der Waals surface area contributed by atoms with E-state index in [0.29, 0.717) is 6.61 Å². The van der Waals surface area contributed by atoms with Gasteiger partial charge in [0.15, 0.2) is 5.79 Å². The summed E-state index contributed by atoms with van der Waals surface area (Å²) in [5, 5.41) is 14.0. The molecule has 1 fully saturated rings. The van der Waals surface area contributed by atoms with Gasteiger partial charge >= 0.3 is 0 Å². The van der Waals surface area contributed by atoms with Crippen LogP contribution in [-0.4, -0.2) is 48.5 Å². The fourth-order valence-corrected chi connectivity index (χ4v) is 3.47. The second-order valence-corrected chi connectivity index (χ2v) is 7.84. The summed E-state index contributed by atoms with van der Waals surface area (Å²) in [6, 6.07) is 18.5. The van der Waals surface area contributed by atoms with Crippen molar-refractivity contribution < 1.29 is 24.1 Å². The molecule has 3 rings (SSSR count). The van der Waals surface area contributed by atoms with E-state index >= 15 is 0 Å². The predicted molar refractivity (Wildman–Crippen MR) is 115 cm³/mol. The molecule has 8 nitrogen and oxygen atoms in total. The molecule has 0 radical (unpaired) electrons. The Morgan fingerprint density at radius 3 is 2.29 bits per heavy atom. The zero-order valence-corrected chi connectivity index (χ0v) is 17.8. The lowest BCUT2D eigenvalue weighted by Crippen LogP contribution is -2.57. The molecule has 1 aliphatic heterocycles. The second-order valence-electron chi connectivity index (χ2n) is 7.84. The molecule has 8 heteroatoms. The summed E-state index contributed by atoms with van der Waals surface area (Å²) in [6.45, 7) is 4.14. The first-order valence-corrected chi connectivity index (χ1v) is 10.3. The van der Waals surface area contributed by atoms with Crippen molar-refractivity contribution in [1.82, 2.24) is 0 Å². The zero-order valence-electron chi connectivity index (χ0n) is 17.8. The molecule has 0 aromatic heterocycles. The fraction of sp³-hybridized carbons (Fsp3) is 0.478. The third-order valence-electron chi connectivity index (χ3n) is 5.08. The Balaban J connectivity index is 1.76. The minimum Gasteiger partial charge on any atom is -0.394 e. The van der Waals surface area contributed by atoms with Crippen molar-refractivity contribution in [3.8, 4) is 0 Å². The Morgan fingerprint density at radius 2 is 1.71 bits per heavy atom. The molecule has 0 spiro atoms. The number of aliphatic hydroxyl groups excluding tert-OH is 1. The Labute approximate surface area is 182 Å². The Kier molecular flexibility index (Phi) is 8.43. The van der Waals surface area contributed by atoms with Crippen LogP contribution in [0.15, 0.2) is 65.8 Å². The van der Waals surface area contributed by atoms with E-state index < -0.39 is 30.1 Å². The lowest BCUT2D eigenvalue weighted by Gasteiger charge is -2.44. The number of ether oxygens (including phenoxy) is 4. The van der Waals surface area contributed by atoms with Gasteiger partial charge in [0.05, 0.1) is 38.6 Å². The Morgan fingerprint density at radius 1 is 1.10 bits per heavy atom. The average Bonchev–Trinajstić information content (AvgIpc) is 2.79. The SMILES string of the molecule is CC1(C)OC[C@H](OCc2ccccc2)[C@@H]([C@H](N=[N+]=[N-])[C@H](CO)OCc2ccccc2)O1. The third kappa shape index (κ3) is 6.77. The highest BCUT2D eigenvalue weighted by Crippen LogP contribution is 2.30. The van der Waals surface area contributed by atoms with Crippen LogP contribution in [0.1, 0.15) is 25.0 Å². The molecule has 1 heterocycles. The summed E-state index contributed by atoms with van der Waals surface area (Å²) in [5.74, 6) is -0.889. The minimum absolute atomic E-state index is 0.263. The van der Waals surface area contributed by atoms with Crippen LogP contribution < -0.4 is 0 Å². The lowest BCUT2D eigenvalue weighted by atomic mass is 9.99. The molecule has 31 heavy (non-hydrogen) atoms. The van der Waals surface area contributed by atoms with Crippen LogP contribution in [0.3, 0.4) is 0 Å². The van der Waals surface area contributed by atoms with Crippen LogP contribution >= 0.6 is 0 Å². The van der Waals surface area contributed by atoms with Crippen molar-refractivity contribution in [3.63, 3.8) is 0 Å². The summed E-state index contributed by atoms with van der Waals surface area (Å²) in [5.41, 5.74) is 11.2. The molecule has 0 unspecified atom stereocenters. The average molecular weight is 428 g/mol. The van der Waals surface area contributed by atoms with Crippen LogP contribution in [0.2, 0.25) is 0 Å². The summed E-state index contributed by atoms with van der Waals surface area (Å²) >= 11 is 0. The highest BCUT2D eigenvalue weighted by Gasteiger charge is 2.44. The molecule has 0 amide bonds. The van der Waals surface area contributed by atoms with Crippen LogP contribution in [-0.2, 0) is 32.2 Å². The summed E-state index contributed by atoms with van der Waals surface area (Å²) in [7, 11) is 0. The largest absolute Gasteiger partial charge is 0.394 e. The number of nitrogens with zero attached hydrogens (tertiary/aromatic N) is 3. The van der Waals surface area contributed by atoms with Crippen molar-refractivity contribution >= 4 is 0 Å². The normalized spacial score (nSPS) is 22.3. The molecule has 2 aromatic rings. The second kappa shape index (κ2) is 11.2. The van der Waals surface area contributed by atoms with Gasteiger partial charge in [-0.1, -0.05) is 65.8 Å². The summed E-state index contributed by atoms with van der Waals surface area (Å²) in [6.07, 6.45) is -1.92. The monoisotopic (exact) mass is 427 g/mol. The van der Waals surface area contributed by atoms with Crippen molar-refractivity contribution in [2.45, 2.75) is 57.2 Å². The molecule has 4 atom stereocenters. The summed E-state index contributed by atoms with van der Waals surface area (Å²) in [4.78, 5) is 2.99. The molecule has 0 saturated carbocycles. The van der Waals surface area contributed by atoms with Gasteiger partial charge in [-0.2, -0.15) is 0 Å². The maximum atomic E-state index is 10.0. The minimum atomic E-state index is -0.889. The van der Waals surface area contributed by atoms with Gasteiger partial charge in [0.1, 0.15) is 12.2 Å². The fourth-order valence-electron chi connectivity index (χ4n) is 3.47.